The molecule has 0 radical (unpaired) electrons. The minimum Gasteiger partial charge on any atom is -0.506 e. The van der Waals surface area contributed by atoms with Crippen molar-refractivity contribution in [2.24, 2.45) is 11.5 Å². The number of benzene rings is 1. The van der Waals surface area contributed by atoms with Crippen LogP contribution in [0.3, 0.4) is 0 Å². The Hall–Kier alpha value is -0.720. The maximum Gasteiger partial charge on any atom is 0.167 e. The number of aromatic hydroxyl groups is 1. The van der Waals surface area contributed by atoms with Crippen LogP contribution in [-0.2, 0) is 0 Å². The Balaban J connectivity index is 3.26. The molecule has 1 aromatic carbocycles. The summed E-state index contributed by atoms with van der Waals surface area (Å²) < 4.78 is 26.4. The molecule has 3 nitrogen and oxygen atoms in total. The number of phenols is 1. The molecule has 0 aliphatic heterocycles. The summed E-state index contributed by atoms with van der Waals surface area (Å²) in [5.41, 5.74) is 10.6. The van der Waals surface area contributed by atoms with E-state index >= 15 is 0 Å². The first-order valence-corrected chi connectivity index (χ1v) is 5.10. The van der Waals surface area contributed by atoms with E-state index in [-0.39, 0.29) is 28.8 Å². The lowest BCUT2D eigenvalue weighted by atomic mass is 10.0. The van der Waals surface area contributed by atoms with E-state index in [1.165, 1.54) is 0 Å². The van der Waals surface area contributed by atoms with Crippen LogP contribution in [0.5, 0.6) is 5.75 Å². The molecule has 0 unspecified atom stereocenters. The van der Waals surface area contributed by atoms with Gasteiger partial charge in [0.2, 0.25) is 0 Å². The molecule has 0 aliphatic rings. The summed E-state index contributed by atoms with van der Waals surface area (Å²) in [6, 6.07) is 0.0329. The largest absolute Gasteiger partial charge is 0.506 e. The van der Waals surface area contributed by atoms with Crippen molar-refractivity contribution in [3.63, 3.8) is 0 Å². The molecule has 1 atom stereocenters. The van der Waals surface area contributed by atoms with Crippen LogP contribution in [0, 0.1) is 11.6 Å². The molecular weight excluding hydrogens is 270 g/mol. The molecule has 0 saturated heterocycles. The van der Waals surface area contributed by atoms with Gasteiger partial charge in [-0.2, -0.15) is 0 Å². The van der Waals surface area contributed by atoms with Gasteiger partial charge in [0.05, 0.1) is 10.0 Å². The van der Waals surface area contributed by atoms with Gasteiger partial charge in [0, 0.05) is 6.04 Å². The standard InChI is InChI=1S/C9H11BrF2N2O/c10-4-3-5(11)8(12)7(9(4)15)6(14)1-2-13/h3,6,15H,1-2,13-14H2/t6-/m0/s1. The molecule has 15 heavy (non-hydrogen) atoms. The maximum absolute atomic E-state index is 13.3. The van der Waals surface area contributed by atoms with Crippen molar-refractivity contribution in [3.05, 3.63) is 27.7 Å². The second-order valence-electron chi connectivity index (χ2n) is 3.10. The number of rotatable bonds is 3. The molecule has 0 aromatic heterocycles. The quantitative estimate of drug-likeness (QED) is 0.739. The minimum absolute atomic E-state index is 0.0730. The van der Waals surface area contributed by atoms with E-state index in [2.05, 4.69) is 15.9 Å². The summed E-state index contributed by atoms with van der Waals surface area (Å²) in [5.74, 6) is -2.56. The number of halogens is 3. The van der Waals surface area contributed by atoms with Crippen molar-refractivity contribution in [2.45, 2.75) is 12.5 Å². The van der Waals surface area contributed by atoms with E-state index in [1.54, 1.807) is 0 Å². The van der Waals surface area contributed by atoms with Gasteiger partial charge in [-0.3, -0.25) is 0 Å². The van der Waals surface area contributed by atoms with Gasteiger partial charge in [-0.05, 0) is 35.0 Å². The number of hydrogen-bond donors (Lipinski definition) is 3. The first-order valence-electron chi connectivity index (χ1n) is 4.31. The highest BCUT2D eigenvalue weighted by molar-refractivity contribution is 9.10. The monoisotopic (exact) mass is 280 g/mol. The molecule has 0 aliphatic carbocycles. The van der Waals surface area contributed by atoms with Gasteiger partial charge in [-0.1, -0.05) is 0 Å². The van der Waals surface area contributed by atoms with Crippen LogP contribution in [-0.4, -0.2) is 11.7 Å². The number of phenolic OH excluding ortho intramolecular Hbond substituents is 1. The lowest BCUT2D eigenvalue weighted by Gasteiger charge is -2.14. The van der Waals surface area contributed by atoms with Crippen LogP contribution in [0.4, 0.5) is 8.78 Å². The van der Waals surface area contributed by atoms with Gasteiger partial charge in [-0.25, -0.2) is 8.78 Å². The topological polar surface area (TPSA) is 72.3 Å². The highest BCUT2D eigenvalue weighted by atomic mass is 79.9. The smallest absolute Gasteiger partial charge is 0.167 e. The third-order valence-electron chi connectivity index (χ3n) is 2.03. The molecule has 5 N–H and O–H groups in total. The molecule has 0 spiro atoms. The van der Waals surface area contributed by atoms with Gasteiger partial charge in [-0.15, -0.1) is 0 Å². The molecule has 1 aromatic rings. The van der Waals surface area contributed by atoms with Crippen molar-refractivity contribution < 1.29 is 13.9 Å². The van der Waals surface area contributed by atoms with Crippen molar-refractivity contribution in [1.29, 1.82) is 0 Å². The van der Waals surface area contributed by atoms with Crippen LogP contribution < -0.4 is 11.5 Å². The normalized spacial score (nSPS) is 12.9. The summed E-state index contributed by atoms with van der Waals surface area (Å²) in [6.45, 7) is 0.230. The third-order valence-corrected chi connectivity index (χ3v) is 2.63. The summed E-state index contributed by atoms with van der Waals surface area (Å²) in [7, 11) is 0. The Morgan fingerprint density at radius 3 is 2.60 bits per heavy atom. The predicted octanol–water partition coefficient (Wildman–Crippen LogP) is 1.78. The Bertz CT molecular complexity index is 347. The van der Waals surface area contributed by atoms with Crippen molar-refractivity contribution in [1.82, 2.24) is 0 Å². The summed E-state index contributed by atoms with van der Waals surface area (Å²) in [5, 5.41) is 9.53. The van der Waals surface area contributed by atoms with Gasteiger partial charge in [0.1, 0.15) is 5.75 Å². The van der Waals surface area contributed by atoms with E-state index < -0.39 is 17.7 Å². The molecule has 1 rings (SSSR count). The summed E-state index contributed by atoms with van der Waals surface area (Å²) >= 11 is 2.91. The fourth-order valence-corrected chi connectivity index (χ4v) is 1.68. The lowest BCUT2D eigenvalue weighted by Crippen LogP contribution is -2.17. The van der Waals surface area contributed by atoms with E-state index in [0.29, 0.717) is 0 Å². The molecule has 0 saturated carbocycles. The van der Waals surface area contributed by atoms with Gasteiger partial charge < -0.3 is 16.6 Å². The zero-order valence-corrected chi connectivity index (χ0v) is 9.39. The van der Waals surface area contributed by atoms with E-state index in [1.807, 2.05) is 0 Å². The third kappa shape index (κ3) is 2.45. The molecule has 0 amide bonds. The van der Waals surface area contributed by atoms with Gasteiger partial charge >= 0.3 is 0 Å². The first-order chi connectivity index (χ1) is 6.99. The molecule has 0 heterocycles. The average Bonchev–Trinajstić information content (AvgIpc) is 2.16. The fourth-order valence-electron chi connectivity index (χ4n) is 1.27. The molecule has 6 heteroatoms. The summed E-state index contributed by atoms with van der Waals surface area (Å²) in [4.78, 5) is 0. The SMILES string of the molecule is NCC[C@H](N)c1c(O)c(Br)cc(F)c1F. The van der Waals surface area contributed by atoms with Crippen LogP contribution >= 0.6 is 15.9 Å². The van der Waals surface area contributed by atoms with Crippen LogP contribution in [0.15, 0.2) is 10.5 Å². The molecule has 0 bridgehead atoms. The van der Waals surface area contributed by atoms with E-state index in [4.69, 9.17) is 11.5 Å². The van der Waals surface area contributed by atoms with Crippen LogP contribution in [0.25, 0.3) is 0 Å². The maximum atomic E-state index is 13.3. The Kier molecular flexibility index (Phi) is 4.01. The Labute approximate surface area is 94.2 Å². The fraction of sp³-hybridized carbons (Fsp3) is 0.333. The summed E-state index contributed by atoms with van der Waals surface area (Å²) in [6.07, 6.45) is 0.264. The Morgan fingerprint density at radius 2 is 2.07 bits per heavy atom. The molecule has 0 fully saturated rings. The zero-order valence-electron chi connectivity index (χ0n) is 7.80. The second-order valence-corrected chi connectivity index (χ2v) is 3.95. The minimum atomic E-state index is -1.13. The zero-order chi connectivity index (χ0) is 11.6. The second kappa shape index (κ2) is 4.87. The number of nitrogens with two attached hydrogens (primary N) is 2. The Morgan fingerprint density at radius 1 is 1.47 bits per heavy atom. The van der Waals surface area contributed by atoms with Gasteiger partial charge in [0.15, 0.2) is 11.6 Å². The molecular formula is C9H11BrF2N2O. The highest BCUT2D eigenvalue weighted by Crippen LogP contribution is 2.35. The highest BCUT2D eigenvalue weighted by Gasteiger charge is 2.21. The molecule has 84 valence electrons. The van der Waals surface area contributed by atoms with Crippen molar-refractivity contribution >= 4 is 15.9 Å². The van der Waals surface area contributed by atoms with E-state index in [0.717, 1.165) is 6.07 Å². The van der Waals surface area contributed by atoms with Crippen molar-refractivity contribution in [3.8, 4) is 5.75 Å². The van der Waals surface area contributed by atoms with Crippen LogP contribution in [0.1, 0.15) is 18.0 Å². The first kappa shape index (κ1) is 12.4. The van der Waals surface area contributed by atoms with Gasteiger partial charge in [0.25, 0.3) is 0 Å². The average molecular weight is 281 g/mol. The number of hydrogen-bond acceptors (Lipinski definition) is 3. The predicted molar refractivity (Wildman–Crippen MR) is 56.3 cm³/mol. The van der Waals surface area contributed by atoms with Crippen molar-refractivity contribution in [2.75, 3.05) is 6.54 Å². The lowest BCUT2D eigenvalue weighted by molar-refractivity contribution is 0.424. The van der Waals surface area contributed by atoms with E-state index in [9.17, 15) is 13.9 Å². The van der Waals surface area contributed by atoms with Crippen LogP contribution in [0.2, 0.25) is 0 Å².